The minimum Gasteiger partial charge on any atom is -0.368 e. The molecule has 1 saturated heterocycles. The molecule has 1 rings (SSSR count). The quantitative estimate of drug-likeness (QED) is 0.787. The Hall–Kier alpha value is -1.31. The van der Waals surface area contributed by atoms with Crippen LogP contribution in [0.15, 0.2) is 0 Å². The van der Waals surface area contributed by atoms with Crippen LogP contribution in [0.1, 0.15) is 33.1 Å². The number of nitrogens with zero attached hydrogens (tertiary/aromatic N) is 1. The predicted octanol–water partition coefficient (Wildman–Crippen LogP) is 0.783. The van der Waals surface area contributed by atoms with Crippen molar-refractivity contribution in [2.75, 3.05) is 13.1 Å². The summed E-state index contributed by atoms with van der Waals surface area (Å²) in [6.07, 6.45) is -3.21. The van der Waals surface area contributed by atoms with Crippen LogP contribution in [0.25, 0.3) is 0 Å². The van der Waals surface area contributed by atoms with E-state index >= 15 is 0 Å². The largest absolute Gasteiger partial charge is 0.406 e. The molecule has 0 unspecified atom stereocenters. The number of nitrogens with one attached hydrogen (secondary N) is 1. The molecule has 1 fully saturated rings. The first-order valence-electron chi connectivity index (χ1n) is 6.52. The van der Waals surface area contributed by atoms with Crippen molar-refractivity contribution in [3.63, 3.8) is 0 Å². The number of hydrogen-bond donors (Lipinski definition) is 2. The van der Waals surface area contributed by atoms with Crippen molar-refractivity contribution in [1.82, 2.24) is 10.2 Å². The maximum Gasteiger partial charge on any atom is 0.406 e. The molecule has 3 N–H and O–H groups in total. The Balaban J connectivity index is 2.76. The number of alkyl halides is 3. The molecule has 5 nitrogen and oxygen atoms in total. The summed E-state index contributed by atoms with van der Waals surface area (Å²) in [5.74, 6) is -1.25. The van der Waals surface area contributed by atoms with E-state index in [1.54, 1.807) is 13.8 Å². The maximum absolute atomic E-state index is 12.4. The standard InChI is InChI=1S/C12H20F3N3O2/c1-3-11(2,10(16)20)17-8-5-4-6-18(9(8)19)7-12(13,14)15/h8,17H,3-7H2,1-2H3,(H2,16,20)/t8-,11+/m0/s1. The van der Waals surface area contributed by atoms with Gasteiger partial charge in [0.05, 0.1) is 11.6 Å². The molecule has 0 spiro atoms. The lowest BCUT2D eigenvalue weighted by Gasteiger charge is -2.37. The van der Waals surface area contributed by atoms with Gasteiger partial charge in [-0.05, 0) is 26.2 Å². The Morgan fingerprint density at radius 2 is 2.10 bits per heavy atom. The normalized spacial score (nSPS) is 23.6. The maximum atomic E-state index is 12.4. The van der Waals surface area contributed by atoms with Gasteiger partial charge >= 0.3 is 6.18 Å². The van der Waals surface area contributed by atoms with Crippen molar-refractivity contribution in [1.29, 1.82) is 0 Å². The van der Waals surface area contributed by atoms with Gasteiger partial charge in [-0.3, -0.25) is 14.9 Å². The highest BCUT2D eigenvalue weighted by Crippen LogP contribution is 2.22. The van der Waals surface area contributed by atoms with E-state index in [0.29, 0.717) is 19.3 Å². The van der Waals surface area contributed by atoms with Crippen LogP contribution in [0, 0.1) is 0 Å². The molecule has 1 aliphatic rings. The van der Waals surface area contributed by atoms with Crippen LogP contribution >= 0.6 is 0 Å². The third-order valence-electron chi connectivity index (χ3n) is 3.64. The minimum atomic E-state index is -4.42. The fourth-order valence-corrected chi connectivity index (χ4v) is 2.18. The van der Waals surface area contributed by atoms with E-state index in [0.717, 1.165) is 4.90 Å². The first kappa shape index (κ1) is 16.7. The van der Waals surface area contributed by atoms with Crippen molar-refractivity contribution in [3.8, 4) is 0 Å². The molecule has 0 aromatic rings. The second-order valence-corrected chi connectivity index (χ2v) is 5.26. The molecule has 0 aliphatic carbocycles. The smallest absolute Gasteiger partial charge is 0.368 e. The van der Waals surface area contributed by atoms with E-state index in [2.05, 4.69) is 5.32 Å². The van der Waals surface area contributed by atoms with Gasteiger partial charge in [0.25, 0.3) is 0 Å². The molecule has 0 radical (unpaired) electrons. The second kappa shape index (κ2) is 5.99. The third kappa shape index (κ3) is 4.09. The summed E-state index contributed by atoms with van der Waals surface area (Å²) in [7, 11) is 0. The van der Waals surface area contributed by atoms with Crippen LogP contribution in [0.2, 0.25) is 0 Å². The fraction of sp³-hybridized carbons (Fsp3) is 0.833. The highest BCUT2D eigenvalue weighted by Gasteiger charge is 2.40. The summed E-state index contributed by atoms with van der Waals surface area (Å²) in [4.78, 5) is 24.2. The zero-order valence-corrected chi connectivity index (χ0v) is 11.6. The molecular weight excluding hydrogens is 275 g/mol. The first-order chi connectivity index (χ1) is 9.09. The Morgan fingerprint density at radius 1 is 1.50 bits per heavy atom. The molecule has 1 aliphatic heterocycles. The molecule has 2 amide bonds. The molecule has 8 heteroatoms. The monoisotopic (exact) mass is 295 g/mol. The lowest BCUT2D eigenvalue weighted by Crippen LogP contribution is -2.62. The predicted molar refractivity (Wildman–Crippen MR) is 66.7 cm³/mol. The summed E-state index contributed by atoms with van der Waals surface area (Å²) < 4.78 is 37.2. The van der Waals surface area contributed by atoms with Gasteiger partial charge in [0.15, 0.2) is 0 Å². The van der Waals surface area contributed by atoms with Gasteiger partial charge in [0.1, 0.15) is 6.54 Å². The van der Waals surface area contributed by atoms with E-state index in [-0.39, 0.29) is 6.54 Å². The highest BCUT2D eigenvalue weighted by molar-refractivity contribution is 5.87. The zero-order valence-electron chi connectivity index (χ0n) is 11.6. The number of likely N-dealkylation sites (tertiary alicyclic amines) is 1. The second-order valence-electron chi connectivity index (χ2n) is 5.26. The molecule has 2 atom stereocenters. The lowest BCUT2D eigenvalue weighted by atomic mass is 9.94. The van der Waals surface area contributed by atoms with E-state index in [1.165, 1.54) is 0 Å². The molecule has 0 bridgehead atoms. The first-order valence-corrected chi connectivity index (χ1v) is 6.52. The summed E-state index contributed by atoms with van der Waals surface area (Å²) in [5.41, 5.74) is 4.18. The van der Waals surface area contributed by atoms with Gasteiger partial charge in [-0.15, -0.1) is 0 Å². The summed E-state index contributed by atoms with van der Waals surface area (Å²) in [6, 6.07) is -0.802. The number of carbonyl (C=O) groups is 2. The Labute approximate surface area is 115 Å². The Bertz CT molecular complexity index is 387. The lowest BCUT2D eigenvalue weighted by molar-refractivity contribution is -0.165. The van der Waals surface area contributed by atoms with Gasteiger partial charge in [-0.1, -0.05) is 6.92 Å². The van der Waals surface area contributed by atoms with Crippen molar-refractivity contribution in [2.24, 2.45) is 5.73 Å². The third-order valence-corrected chi connectivity index (χ3v) is 3.64. The van der Waals surface area contributed by atoms with Crippen LogP contribution in [0.3, 0.4) is 0 Å². The number of hydrogen-bond acceptors (Lipinski definition) is 3. The van der Waals surface area contributed by atoms with Crippen molar-refractivity contribution in [3.05, 3.63) is 0 Å². The minimum absolute atomic E-state index is 0.0793. The van der Waals surface area contributed by atoms with Gasteiger partial charge in [-0.25, -0.2) is 0 Å². The average molecular weight is 295 g/mol. The van der Waals surface area contributed by atoms with E-state index in [4.69, 9.17) is 5.73 Å². The van der Waals surface area contributed by atoms with Gasteiger partial charge in [-0.2, -0.15) is 13.2 Å². The van der Waals surface area contributed by atoms with Crippen molar-refractivity contribution < 1.29 is 22.8 Å². The molecule has 116 valence electrons. The summed E-state index contributed by atoms with van der Waals surface area (Å²) in [5, 5.41) is 2.81. The van der Waals surface area contributed by atoms with Gasteiger partial charge in [0.2, 0.25) is 11.8 Å². The van der Waals surface area contributed by atoms with Crippen LogP contribution < -0.4 is 11.1 Å². The van der Waals surface area contributed by atoms with Crippen LogP contribution in [0.5, 0.6) is 0 Å². The molecular formula is C12H20F3N3O2. The van der Waals surface area contributed by atoms with Crippen LogP contribution in [-0.2, 0) is 9.59 Å². The number of carbonyl (C=O) groups excluding carboxylic acids is 2. The summed E-state index contributed by atoms with van der Waals surface area (Å²) in [6.45, 7) is 2.09. The number of primary amides is 1. The van der Waals surface area contributed by atoms with Crippen molar-refractivity contribution in [2.45, 2.75) is 50.9 Å². The molecule has 20 heavy (non-hydrogen) atoms. The molecule has 0 saturated carbocycles. The number of nitrogens with two attached hydrogens (primary N) is 1. The van der Waals surface area contributed by atoms with Gasteiger partial charge in [0, 0.05) is 6.54 Å². The molecule has 1 heterocycles. The number of halogens is 3. The SMILES string of the molecule is CC[C@@](C)(N[C@H]1CCCN(CC(F)(F)F)C1=O)C(N)=O. The Kier molecular flexibility index (Phi) is 5.01. The van der Waals surface area contributed by atoms with Crippen LogP contribution in [-0.4, -0.2) is 47.6 Å². The topological polar surface area (TPSA) is 75.4 Å². The number of amides is 2. The molecule has 0 aromatic heterocycles. The van der Waals surface area contributed by atoms with E-state index < -0.39 is 36.1 Å². The fourth-order valence-electron chi connectivity index (χ4n) is 2.18. The Morgan fingerprint density at radius 3 is 2.55 bits per heavy atom. The molecule has 0 aromatic carbocycles. The van der Waals surface area contributed by atoms with Crippen molar-refractivity contribution >= 4 is 11.8 Å². The van der Waals surface area contributed by atoms with E-state index in [9.17, 15) is 22.8 Å². The van der Waals surface area contributed by atoms with Crippen LogP contribution in [0.4, 0.5) is 13.2 Å². The number of piperidine rings is 1. The zero-order chi connectivity index (χ0) is 15.6. The highest BCUT2D eigenvalue weighted by atomic mass is 19.4. The average Bonchev–Trinajstić information content (AvgIpc) is 2.32. The van der Waals surface area contributed by atoms with Gasteiger partial charge < -0.3 is 10.6 Å². The van der Waals surface area contributed by atoms with E-state index in [1.807, 2.05) is 0 Å². The number of rotatable bonds is 5. The summed E-state index contributed by atoms with van der Waals surface area (Å²) >= 11 is 0.